The van der Waals surface area contributed by atoms with E-state index >= 15 is 0 Å². The van der Waals surface area contributed by atoms with Crippen LogP contribution in [0.15, 0.2) is 0 Å². The minimum absolute atomic E-state index is 0.265. The van der Waals surface area contributed by atoms with E-state index in [1.54, 1.807) is 0 Å². The Kier molecular flexibility index (Phi) is 3.12. The molecule has 3 unspecified atom stereocenters. The van der Waals surface area contributed by atoms with Gasteiger partial charge in [0, 0.05) is 25.6 Å². The van der Waals surface area contributed by atoms with E-state index in [1.807, 2.05) is 0 Å². The van der Waals surface area contributed by atoms with Crippen molar-refractivity contribution in [3.63, 3.8) is 0 Å². The molecule has 0 aromatic heterocycles. The lowest BCUT2D eigenvalue weighted by Gasteiger charge is -2.33. The van der Waals surface area contributed by atoms with Crippen LogP contribution in [0.5, 0.6) is 0 Å². The predicted molar refractivity (Wildman–Crippen MR) is 65.3 cm³/mol. The van der Waals surface area contributed by atoms with Crippen LogP contribution in [-0.4, -0.2) is 35.6 Å². The summed E-state index contributed by atoms with van der Waals surface area (Å²) < 4.78 is 0. The number of carbonyl (C=O) groups is 1. The van der Waals surface area contributed by atoms with E-state index in [4.69, 9.17) is 5.11 Å². The zero-order chi connectivity index (χ0) is 11.8. The molecule has 3 rings (SSSR count). The molecule has 1 saturated heterocycles. The lowest BCUT2D eigenvalue weighted by atomic mass is 9.94. The summed E-state index contributed by atoms with van der Waals surface area (Å²) in [6.45, 7) is 2.12. The average molecular weight is 237 g/mol. The standard InChI is InChI=1S/C14H23NO2/c16-8-6-10-3-2-7-15(9-10)14(17)13-11-4-1-5-12(11)13/h10-13,16H,1-9H2. The highest BCUT2D eigenvalue weighted by atomic mass is 16.3. The number of amides is 1. The van der Waals surface area contributed by atoms with Gasteiger partial charge in [-0.2, -0.15) is 0 Å². The summed E-state index contributed by atoms with van der Waals surface area (Å²) in [7, 11) is 0. The molecule has 2 saturated carbocycles. The number of nitrogens with zero attached hydrogens (tertiary/aromatic N) is 1. The fourth-order valence-corrected chi connectivity index (χ4v) is 4.08. The molecule has 2 aliphatic carbocycles. The monoisotopic (exact) mass is 237 g/mol. The summed E-state index contributed by atoms with van der Waals surface area (Å²) in [6, 6.07) is 0. The lowest BCUT2D eigenvalue weighted by molar-refractivity contribution is -0.135. The van der Waals surface area contributed by atoms with Crippen molar-refractivity contribution in [2.75, 3.05) is 19.7 Å². The first-order chi connectivity index (χ1) is 8.31. The first kappa shape index (κ1) is 11.5. The SMILES string of the molecule is O=C(C1C2CCCC21)N1CCCC(CCO)C1. The molecule has 0 aromatic carbocycles. The summed E-state index contributed by atoms with van der Waals surface area (Å²) in [6.07, 6.45) is 7.08. The van der Waals surface area contributed by atoms with Gasteiger partial charge in [-0.05, 0) is 49.9 Å². The molecule has 3 aliphatic rings. The third-order valence-corrected chi connectivity index (χ3v) is 5.06. The molecule has 0 bridgehead atoms. The van der Waals surface area contributed by atoms with E-state index in [9.17, 15) is 4.79 Å². The Morgan fingerprint density at radius 2 is 1.94 bits per heavy atom. The minimum atomic E-state index is 0.265. The van der Waals surface area contributed by atoms with Gasteiger partial charge in [-0.3, -0.25) is 4.79 Å². The molecule has 3 fully saturated rings. The Balaban J connectivity index is 1.55. The van der Waals surface area contributed by atoms with Crippen molar-refractivity contribution in [1.82, 2.24) is 4.90 Å². The van der Waals surface area contributed by atoms with E-state index in [-0.39, 0.29) is 6.61 Å². The molecule has 1 heterocycles. The van der Waals surface area contributed by atoms with E-state index in [2.05, 4.69) is 4.90 Å². The Morgan fingerprint density at radius 1 is 1.18 bits per heavy atom. The molecule has 0 spiro atoms. The number of hydrogen-bond acceptors (Lipinski definition) is 2. The first-order valence-electron chi connectivity index (χ1n) is 7.21. The maximum atomic E-state index is 12.4. The van der Waals surface area contributed by atoms with E-state index in [0.29, 0.717) is 17.7 Å². The Morgan fingerprint density at radius 3 is 2.65 bits per heavy atom. The molecule has 1 aliphatic heterocycles. The molecule has 17 heavy (non-hydrogen) atoms. The predicted octanol–water partition coefficient (Wildman–Crippen LogP) is 1.65. The molecular weight excluding hydrogens is 214 g/mol. The largest absolute Gasteiger partial charge is 0.396 e. The van der Waals surface area contributed by atoms with Gasteiger partial charge in [0.2, 0.25) is 5.91 Å². The third-order valence-electron chi connectivity index (χ3n) is 5.06. The highest BCUT2D eigenvalue weighted by molar-refractivity contribution is 5.82. The lowest BCUT2D eigenvalue weighted by Crippen LogP contribution is -2.41. The Labute approximate surface area is 103 Å². The van der Waals surface area contributed by atoms with Gasteiger partial charge in [0.15, 0.2) is 0 Å². The molecule has 3 atom stereocenters. The van der Waals surface area contributed by atoms with Gasteiger partial charge in [0.25, 0.3) is 0 Å². The van der Waals surface area contributed by atoms with E-state index in [0.717, 1.165) is 37.8 Å². The van der Waals surface area contributed by atoms with E-state index < -0.39 is 0 Å². The molecule has 1 N–H and O–H groups in total. The van der Waals surface area contributed by atoms with Crippen molar-refractivity contribution in [3.8, 4) is 0 Å². The molecule has 1 amide bonds. The van der Waals surface area contributed by atoms with Crippen molar-refractivity contribution in [1.29, 1.82) is 0 Å². The molecule has 3 heteroatoms. The first-order valence-corrected chi connectivity index (χ1v) is 7.21. The normalized spacial score (nSPS) is 40.2. The van der Waals surface area contributed by atoms with Gasteiger partial charge in [-0.1, -0.05) is 6.42 Å². The van der Waals surface area contributed by atoms with Crippen LogP contribution in [0.25, 0.3) is 0 Å². The van der Waals surface area contributed by atoms with Crippen LogP contribution < -0.4 is 0 Å². The average Bonchev–Trinajstić information content (AvgIpc) is 2.82. The fourth-order valence-electron chi connectivity index (χ4n) is 4.08. The number of fused-ring (bicyclic) bond motifs is 1. The second-order valence-corrected chi connectivity index (χ2v) is 6.09. The van der Waals surface area contributed by atoms with Crippen molar-refractivity contribution in [3.05, 3.63) is 0 Å². The number of aliphatic hydroxyl groups is 1. The Bertz CT molecular complexity index is 293. The molecule has 0 radical (unpaired) electrons. The molecular formula is C14H23NO2. The number of rotatable bonds is 3. The summed E-state index contributed by atoms with van der Waals surface area (Å²) in [5, 5.41) is 8.99. The quantitative estimate of drug-likeness (QED) is 0.811. The van der Waals surface area contributed by atoms with Crippen molar-refractivity contribution in [2.24, 2.45) is 23.7 Å². The number of carbonyl (C=O) groups excluding carboxylic acids is 1. The van der Waals surface area contributed by atoms with Gasteiger partial charge in [0.05, 0.1) is 0 Å². The summed E-state index contributed by atoms with van der Waals surface area (Å²) in [4.78, 5) is 14.5. The van der Waals surface area contributed by atoms with Crippen LogP contribution in [-0.2, 0) is 4.79 Å². The van der Waals surface area contributed by atoms with Crippen LogP contribution in [0.2, 0.25) is 0 Å². The third kappa shape index (κ3) is 2.10. The minimum Gasteiger partial charge on any atom is -0.396 e. The number of likely N-dealkylation sites (tertiary alicyclic amines) is 1. The van der Waals surface area contributed by atoms with Crippen LogP contribution in [0.3, 0.4) is 0 Å². The zero-order valence-corrected chi connectivity index (χ0v) is 10.5. The second kappa shape index (κ2) is 4.60. The number of aliphatic hydroxyl groups excluding tert-OH is 1. The maximum absolute atomic E-state index is 12.4. The van der Waals surface area contributed by atoms with Crippen molar-refractivity contribution in [2.45, 2.75) is 38.5 Å². The van der Waals surface area contributed by atoms with Crippen LogP contribution >= 0.6 is 0 Å². The summed E-state index contributed by atoms with van der Waals surface area (Å²) in [5.74, 6) is 2.83. The summed E-state index contributed by atoms with van der Waals surface area (Å²) in [5.41, 5.74) is 0. The number of hydrogen-bond donors (Lipinski definition) is 1. The van der Waals surface area contributed by atoms with Crippen molar-refractivity contribution >= 4 is 5.91 Å². The smallest absolute Gasteiger partial charge is 0.226 e. The van der Waals surface area contributed by atoms with Gasteiger partial charge >= 0.3 is 0 Å². The van der Waals surface area contributed by atoms with Crippen LogP contribution in [0.1, 0.15) is 38.5 Å². The molecule has 3 nitrogen and oxygen atoms in total. The molecule has 0 aromatic rings. The van der Waals surface area contributed by atoms with Gasteiger partial charge < -0.3 is 10.0 Å². The topological polar surface area (TPSA) is 40.5 Å². The van der Waals surface area contributed by atoms with Gasteiger partial charge in [0.1, 0.15) is 0 Å². The maximum Gasteiger partial charge on any atom is 0.226 e. The summed E-state index contributed by atoms with van der Waals surface area (Å²) >= 11 is 0. The fraction of sp³-hybridized carbons (Fsp3) is 0.929. The van der Waals surface area contributed by atoms with Crippen molar-refractivity contribution < 1.29 is 9.90 Å². The number of piperidine rings is 1. The highest BCUT2D eigenvalue weighted by Crippen LogP contribution is 2.58. The second-order valence-electron chi connectivity index (χ2n) is 6.09. The zero-order valence-electron chi connectivity index (χ0n) is 10.5. The van der Waals surface area contributed by atoms with Gasteiger partial charge in [-0.25, -0.2) is 0 Å². The Hall–Kier alpha value is -0.570. The van der Waals surface area contributed by atoms with Crippen LogP contribution in [0, 0.1) is 23.7 Å². The van der Waals surface area contributed by atoms with E-state index in [1.165, 1.54) is 25.7 Å². The molecule has 96 valence electrons. The van der Waals surface area contributed by atoms with Crippen LogP contribution in [0.4, 0.5) is 0 Å². The van der Waals surface area contributed by atoms with Gasteiger partial charge in [-0.15, -0.1) is 0 Å². The highest BCUT2D eigenvalue weighted by Gasteiger charge is 2.57.